The van der Waals surface area contributed by atoms with Gasteiger partial charge in [0, 0.05) is 25.8 Å². The van der Waals surface area contributed by atoms with E-state index in [2.05, 4.69) is 29.1 Å². The van der Waals surface area contributed by atoms with Crippen LogP contribution in [-0.4, -0.2) is 27.1 Å². The topological polar surface area (TPSA) is 68.8 Å². The molecule has 0 aromatic carbocycles. The van der Waals surface area contributed by atoms with E-state index < -0.39 is 0 Å². The number of hydrogen-bond donors (Lipinski definition) is 2. The number of nitrogens with zero attached hydrogens (tertiary/aromatic N) is 3. The number of nitrogens with one attached hydrogen (secondary N) is 1. The van der Waals surface area contributed by atoms with E-state index in [9.17, 15) is 0 Å². The van der Waals surface area contributed by atoms with E-state index in [0.29, 0.717) is 12.5 Å². The largest absolute Gasteiger partial charge is 0.364 e. The molecule has 0 aliphatic carbocycles. The monoisotopic (exact) mass is 247 g/mol. The van der Waals surface area contributed by atoms with Crippen LogP contribution < -0.4 is 11.1 Å². The van der Waals surface area contributed by atoms with Gasteiger partial charge in [-0.1, -0.05) is 13.8 Å². The van der Waals surface area contributed by atoms with Gasteiger partial charge in [0.15, 0.2) is 5.82 Å². The third kappa shape index (κ3) is 2.61. The van der Waals surface area contributed by atoms with Gasteiger partial charge in [0.25, 0.3) is 0 Å². The first-order valence-electron chi connectivity index (χ1n) is 6.34. The van der Waals surface area contributed by atoms with Crippen LogP contribution in [0.25, 0.3) is 11.0 Å². The first kappa shape index (κ1) is 12.8. The van der Waals surface area contributed by atoms with Crippen LogP contribution in [0.4, 0.5) is 5.82 Å². The normalized spacial score (nSPS) is 13.2. The van der Waals surface area contributed by atoms with Crippen LogP contribution in [0.2, 0.25) is 0 Å². The van der Waals surface area contributed by atoms with Crippen molar-refractivity contribution < 1.29 is 0 Å². The third-order valence-electron chi connectivity index (χ3n) is 3.02. The SMILES string of the molecule is CC(C)CC(CN)Nc1nccc2c1ncn2C. The second-order valence-electron chi connectivity index (χ2n) is 5.09. The number of fused-ring (bicyclic) bond motifs is 1. The van der Waals surface area contributed by atoms with Crippen LogP contribution in [0, 0.1) is 5.92 Å². The summed E-state index contributed by atoms with van der Waals surface area (Å²) in [5, 5.41) is 3.40. The minimum atomic E-state index is 0.241. The van der Waals surface area contributed by atoms with Crippen molar-refractivity contribution >= 4 is 16.9 Å². The standard InChI is InChI=1S/C13H21N5/c1-9(2)6-10(7-14)17-13-12-11(4-5-15-13)18(3)8-16-12/h4-5,8-10H,6-7,14H2,1-3H3,(H,15,17). The van der Waals surface area contributed by atoms with Gasteiger partial charge in [0.05, 0.1) is 11.8 Å². The van der Waals surface area contributed by atoms with Gasteiger partial charge < -0.3 is 15.6 Å². The molecule has 2 heterocycles. The fraction of sp³-hybridized carbons (Fsp3) is 0.538. The van der Waals surface area contributed by atoms with E-state index in [1.165, 1.54) is 0 Å². The maximum Gasteiger partial charge on any atom is 0.154 e. The lowest BCUT2D eigenvalue weighted by Crippen LogP contribution is -2.30. The van der Waals surface area contributed by atoms with Crippen LogP contribution >= 0.6 is 0 Å². The summed E-state index contributed by atoms with van der Waals surface area (Å²) >= 11 is 0. The Hall–Kier alpha value is -1.62. The number of imidazole rings is 1. The first-order chi connectivity index (χ1) is 8.61. The average molecular weight is 247 g/mol. The van der Waals surface area contributed by atoms with Crippen molar-refractivity contribution in [3.8, 4) is 0 Å². The first-order valence-corrected chi connectivity index (χ1v) is 6.34. The number of pyridine rings is 1. The number of aromatic nitrogens is 3. The van der Waals surface area contributed by atoms with Crippen LogP contribution in [-0.2, 0) is 7.05 Å². The molecule has 18 heavy (non-hydrogen) atoms. The van der Waals surface area contributed by atoms with Crippen LogP contribution in [0.15, 0.2) is 18.6 Å². The molecule has 1 unspecified atom stereocenters. The lowest BCUT2D eigenvalue weighted by molar-refractivity contribution is 0.521. The Morgan fingerprint density at radius 2 is 2.17 bits per heavy atom. The molecule has 0 amide bonds. The van der Waals surface area contributed by atoms with Gasteiger partial charge in [-0.25, -0.2) is 9.97 Å². The highest BCUT2D eigenvalue weighted by Crippen LogP contribution is 2.20. The minimum Gasteiger partial charge on any atom is -0.364 e. The van der Waals surface area contributed by atoms with Crippen molar-refractivity contribution in [2.45, 2.75) is 26.3 Å². The van der Waals surface area contributed by atoms with Crippen molar-refractivity contribution in [1.29, 1.82) is 0 Å². The van der Waals surface area contributed by atoms with Crippen molar-refractivity contribution in [3.05, 3.63) is 18.6 Å². The highest BCUT2D eigenvalue weighted by atomic mass is 15.1. The highest BCUT2D eigenvalue weighted by Gasteiger charge is 2.13. The fourth-order valence-corrected chi connectivity index (χ4v) is 2.14. The quantitative estimate of drug-likeness (QED) is 0.844. The van der Waals surface area contributed by atoms with Crippen LogP contribution in [0.5, 0.6) is 0 Å². The molecule has 0 radical (unpaired) electrons. The zero-order valence-electron chi connectivity index (χ0n) is 11.2. The molecule has 2 aromatic rings. The molecule has 0 aliphatic rings. The summed E-state index contributed by atoms with van der Waals surface area (Å²) in [5.41, 5.74) is 7.78. The Bertz CT molecular complexity index is 517. The Morgan fingerprint density at radius 1 is 1.39 bits per heavy atom. The summed E-state index contributed by atoms with van der Waals surface area (Å²) in [7, 11) is 1.98. The lowest BCUT2D eigenvalue weighted by Gasteiger charge is -2.19. The molecule has 98 valence electrons. The molecule has 0 bridgehead atoms. The molecule has 2 rings (SSSR count). The molecule has 0 fully saturated rings. The third-order valence-corrected chi connectivity index (χ3v) is 3.02. The second kappa shape index (κ2) is 5.35. The summed E-state index contributed by atoms with van der Waals surface area (Å²) in [6.45, 7) is 4.99. The van der Waals surface area contributed by atoms with Crippen molar-refractivity contribution in [2.24, 2.45) is 18.7 Å². The Balaban J connectivity index is 2.25. The lowest BCUT2D eigenvalue weighted by atomic mass is 10.0. The summed E-state index contributed by atoms with van der Waals surface area (Å²) in [6.07, 6.45) is 4.63. The molecule has 2 aromatic heterocycles. The van der Waals surface area contributed by atoms with E-state index in [1.54, 1.807) is 12.5 Å². The number of aryl methyl sites for hydroxylation is 1. The van der Waals surface area contributed by atoms with Crippen LogP contribution in [0.1, 0.15) is 20.3 Å². The molecule has 5 heteroatoms. The maximum atomic E-state index is 5.80. The number of hydrogen-bond acceptors (Lipinski definition) is 4. The van der Waals surface area contributed by atoms with Gasteiger partial charge in [0.1, 0.15) is 5.52 Å². The summed E-state index contributed by atoms with van der Waals surface area (Å²) < 4.78 is 1.99. The van der Waals surface area contributed by atoms with Gasteiger partial charge in [-0.3, -0.25) is 0 Å². The molecule has 0 saturated carbocycles. The van der Waals surface area contributed by atoms with Crippen molar-refractivity contribution in [2.75, 3.05) is 11.9 Å². The van der Waals surface area contributed by atoms with Gasteiger partial charge in [-0.2, -0.15) is 0 Å². The predicted octanol–water partition coefficient (Wildman–Crippen LogP) is 1.75. The van der Waals surface area contributed by atoms with Gasteiger partial charge in [0.2, 0.25) is 0 Å². The average Bonchev–Trinajstić information content (AvgIpc) is 2.71. The molecular weight excluding hydrogens is 226 g/mol. The zero-order valence-corrected chi connectivity index (χ0v) is 11.2. The Morgan fingerprint density at radius 3 is 2.83 bits per heavy atom. The number of anilines is 1. The second-order valence-corrected chi connectivity index (χ2v) is 5.09. The molecule has 1 atom stereocenters. The number of rotatable bonds is 5. The molecule has 5 nitrogen and oxygen atoms in total. The van der Waals surface area contributed by atoms with Gasteiger partial charge in [-0.15, -0.1) is 0 Å². The Kier molecular flexibility index (Phi) is 3.81. The zero-order chi connectivity index (χ0) is 13.1. The smallest absolute Gasteiger partial charge is 0.154 e. The summed E-state index contributed by atoms with van der Waals surface area (Å²) in [5.74, 6) is 1.43. The van der Waals surface area contributed by atoms with Crippen molar-refractivity contribution in [1.82, 2.24) is 14.5 Å². The Labute approximate surface area is 107 Å². The van der Waals surface area contributed by atoms with E-state index in [-0.39, 0.29) is 6.04 Å². The fourth-order valence-electron chi connectivity index (χ4n) is 2.14. The molecule has 3 N–H and O–H groups in total. The van der Waals surface area contributed by atoms with Gasteiger partial charge >= 0.3 is 0 Å². The molecule has 0 spiro atoms. The molecular formula is C13H21N5. The molecule has 0 aliphatic heterocycles. The maximum absolute atomic E-state index is 5.80. The van der Waals surface area contributed by atoms with E-state index in [0.717, 1.165) is 23.3 Å². The van der Waals surface area contributed by atoms with E-state index >= 15 is 0 Å². The van der Waals surface area contributed by atoms with E-state index in [4.69, 9.17) is 5.73 Å². The minimum absolute atomic E-state index is 0.241. The number of nitrogens with two attached hydrogens (primary N) is 1. The van der Waals surface area contributed by atoms with Crippen LogP contribution in [0.3, 0.4) is 0 Å². The van der Waals surface area contributed by atoms with Gasteiger partial charge in [-0.05, 0) is 18.4 Å². The van der Waals surface area contributed by atoms with Crippen molar-refractivity contribution in [3.63, 3.8) is 0 Å². The molecule has 0 saturated heterocycles. The summed E-state index contributed by atoms with van der Waals surface area (Å²) in [6, 6.07) is 2.21. The summed E-state index contributed by atoms with van der Waals surface area (Å²) in [4.78, 5) is 8.75. The predicted molar refractivity (Wildman–Crippen MR) is 74.4 cm³/mol. The van der Waals surface area contributed by atoms with E-state index in [1.807, 2.05) is 17.7 Å². The highest BCUT2D eigenvalue weighted by molar-refractivity contribution is 5.85.